The molecule has 0 aliphatic carbocycles. The lowest BCUT2D eigenvalue weighted by atomic mass is 10.1. The summed E-state index contributed by atoms with van der Waals surface area (Å²) in [6.45, 7) is 1.88. The molecule has 0 atom stereocenters. The van der Waals surface area contributed by atoms with Crippen molar-refractivity contribution >= 4 is 0 Å². The molecule has 1 aromatic heterocycles. The summed E-state index contributed by atoms with van der Waals surface area (Å²) in [6, 6.07) is 3.85. The second kappa shape index (κ2) is 3.65. The van der Waals surface area contributed by atoms with E-state index in [4.69, 9.17) is 9.47 Å². The summed E-state index contributed by atoms with van der Waals surface area (Å²) in [7, 11) is 3.25. The monoisotopic (exact) mass is 168 g/mol. The van der Waals surface area contributed by atoms with E-state index in [1.54, 1.807) is 14.2 Å². The van der Waals surface area contributed by atoms with E-state index >= 15 is 0 Å². The average Bonchev–Trinajstić information content (AvgIpc) is 2.18. The quantitative estimate of drug-likeness (QED) is 0.630. The Morgan fingerprint density at radius 2 is 1.67 bits per heavy atom. The minimum atomic E-state index is -0.644. The molecule has 0 amide bonds. The molecular formula is C9H14NO2+. The molecule has 0 unspecified atom stereocenters. The number of hydrogen-bond acceptors (Lipinski definition) is 2. The van der Waals surface area contributed by atoms with Gasteiger partial charge >= 0.3 is 0 Å². The summed E-state index contributed by atoms with van der Waals surface area (Å²) >= 11 is 0. The first-order valence-corrected chi connectivity index (χ1v) is 3.80. The van der Waals surface area contributed by atoms with Gasteiger partial charge in [-0.1, -0.05) is 0 Å². The van der Waals surface area contributed by atoms with Crippen LogP contribution < -0.4 is 4.98 Å². The van der Waals surface area contributed by atoms with Crippen LogP contribution in [0.3, 0.4) is 0 Å². The van der Waals surface area contributed by atoms with Gasteiger partial charge in [-0.3, -0.25) is 0 Å². The van der Waals surface area contributed by atoms with Gasteiger partial charge in [0.15, 0.2) is 18.2 Å². The second-order valence-electron chi connectivity index (χ2n) is 2.64. The van der Waals surface area contributed by atoms with E-state index in [0.29, 0.717) is 0 Å². The van der Waals surface area contributed by atoms with Gasteiger partial charge in [0.1, 0.15) is 0 Å². The number of aromatic nitrogens is 1. The molecule has 3 nitrogen and oxygen atoms in total. The Morgan fingerprint density at radius 1 is 1.17 bits per heavy atom. The summed E-state index contributed by atoms with van der Waals surface area (Å²) in [6.07, 6.45) is 3.68. The third-order valence-corrected chi connectivity index (χ3v) is 2.02. The molecule has 0 saturated heterocycles. The van der Waals surface area contributed by atoms with Crippen LogP contribution in [0.15, 0.2) is 24.5 Å². The molecule has 1 rings (SSSR count). The first kappa shape index (κ1) is 9.16. The number of hydrogen-bond donors (Lipinski definition) is 0. The van der Waals surface area contributed by atoms with Gasteiger partial charge in [0.25, 0.3) is 0 Å². The van der Waals surface area contributed by atoms with E-state index in [1.807, 2.05) is 31.5 Å². The van der Waals surface area contributed by atoms with E-state index in [1.165, 1.54) is 0 Å². The standard InChI is InChI=1S/C9H13NO2/c1-9(11-2,12-3)8-4-6-10-7-5-8/h4-7H,1-3H3/p+1. The van der Waals surface area contributed by atoms with Crippen LogP contribution in [0.2, 0.25) is 0 Å². The third-order valence-electron chi connectivity index (χ3n) is 2.02. The van der Waals surface area contributed by atoms with Gasteiger partial charge in [0.2, 0.25) is 0 Å². The normalized spacial score (nSPS) is 11.6. The van der Waals surface area contributed by atoms with Gasteiger partial charge in [0, 0.05) is 31.9 Å². The van der Waals surface area contributed by atoms with Crippen molar-refractivity contribution in [3.8, 4) is 0 Å². The van der Waals surface area contributed by atoms with Crippen LogP contribution in [-0.4, -0.2) is 14.2 Å². The van der Waals surface area contributed by atoms with Gasteiger partial charge in [-0.15, -0.1) is 0 Å². The number of aromatic amines is 1. The number of methoxy groups -OCH3 is 2. The highest BCUT2D eigenvalue weighted by atomic mass is 16.7. The molecule has 0 bridgehead atoms. The van der Waals surface area contributed by atoms with Gasteiger partial charge in [-0.05, 0) is 6.92 Å². The zero-order chi connectivity index (χ0) is 9.03. The Kier molecular flexibility index (Phi) is 2.78. The predicted octanol–water partition coefficient (Wildman–Crippen LogP) is 0.966. The van der Waals surface area contributed by atoms with Gasteiger partial charge in [-0.2, -0.15) is 0 Å². The fourth-order valence-corrected chi connectivity index (χ4v) is 1.01. The smallest absolute Gasteiger partial charge is 0.191 e. The lowest BCUT2D eigenvalue weighted by Gasteiger charge is -2.25. The van der Waals surface area contributed by atoms with E-state index in [-0.39, 0.29) is 0 Å². The van der Waals surface area contributed by atoms with Gasteiger partial charge < -0.3 is 9.47 Å². The maximum Gasteiger partial charge on any atom is 0.191 e. The largest absolute Gasteiger partial charge is 0.349 e. The highest BCUT2D eigenvalue weighted by Gasteiger charge is 2.25. The summed E-state index contributed by atoms with van der Waals surface area (Å²) in [4.78, 5) is 2.94. The van der Waals surface area contributed by atoms with Gasteiger partial charge in [0.05, 0.1) is 0 Å². The Balaban J connectivity index is 2.95. The lowest BCUT2D eigenvalue weighted by Crippen LogP contribution is -2.27. The fourth-order valence-electron chi connectivity index (χ4n) is 1.01. The number of pyridine rings is 1. The van der Waals surface area contributed by atoms with Crippen molar-refractivity contribution in [2.24, 2.45) is 0 Å². The molecule has 12 heavy (non-hydrogen) atoms. The molecule has 0 aromatic carbocycles. The predicted molar refractivity (Wildman–Crippen MR) is 44.4 cm³/mol. The Hall–Kier alpha value is -0.930. The molecule has 0 aliphatic rings. The molecule has 0 fully saturated rings. The van der Waals surface area contributed by atoms with E-state index in [9.17, 15) is 0 Å². The van der Waals surface area contributed by atoms with Crippen LogP contribution in [0, 0.1) is 0 Å². The number of H-pyrrole nitrogens is 1. The first-order valence-electron chi connectivity index (χ1n) is 3.80. The minimum Gasteiger partial charge on any atom is -0.349 e. The minimum absolute atomic E-state index is 0.644. The third kappa shape index (κ3) is 1.62. The summed E-state index contributed by atoms with van der Waals surface area (Å²) in [5.41, 5.74) is 0.992. The average molecular weight is 168 g/mol. The van der Waals surface area contributed by atoms with Crippen LogP contribution in [0.1, 0.15) is 12.5 Å². The van der Waals surface area contributed by atoms with E-state index in [0.717, 1.165) is 5.56 Å². The molecule has 1 heterocycles. The summed E-state index contributed by atoms with van der Waals surface area (Å²) < 4.78 is 10.5. The van der Waals surface area contributed by atoms with Crippen molar-refractivity contribution in [1.29, 1.82) is 0 Å². The van der Waals surface area contributed by atoms with Crippen molar-refractivity contribution in [3.63, 3.8) is 0 Å². The Bertz CT molecular complexity index is 232. The van der Waals surface area contributed by atoms with Gasteiger partial charge in [-0.25, -0.2) is 4.98 Å². The van der Waals surface area contributed by atoms with Crippen molar-refractivity contribution < 1.29 is 14.5 Å². The summed E-state index contributed by atoms with van der Waals surface area (Å²) in [5.74, 6) is -0.644. The molecule has 0 saturated carbocycles. The first-order chi connectivity index (χ1) is 5.73. The topological polar surface area (TPSA) is 32.6 Å². The molecule has 66 valence electrons. The van der Waals surface area contributed by atoms with Crippen LogP contribution in [0.5, 0.6) is 0 Å². The van der Waals surface area contributed by atoms with Crippen LogP contribution in [0.25, 0.3) is 0 Å². The highest BCUT2D eigenvalue weighted by molar-refractivity contribution is 5.13. The number of rotatable bonds is 3. The lowest BCUT2D eigenvalue weighted by molar-refractivity contribution is -0.378. The second-order valence-corrected chi connectivity index (χ2v) is 2.64. The molecule has 1 N–H and O–H groups in total. The van der Waals surface area contributed by atoms with Crippen molar-refractivity contribution in [2.75, 3.05) is 14.2 Å². The van der Waals surface area contributed by atoms with Crippen LogP contribution in [-0.2, 0) is 15.3 Å². The number of ether oxygens (including phenoxy) is 2. The molecule has 0 spiro atoms. The Labute approximate surface area is 72.3 Å². The maximum atomic E-state index is 5.24. The van der Waals surface area contributed by atoms with Crippen molar-refractivity contribution in [2.45, 2.75) is 12.7 Å². The molecule has 0 aliphatic heterocycles. The van der Waals surface area contributed by atoms with E-state index < -0.39 is 5.79 Å². The zero-order valence-electron chi connectivity index (χ0n) is 7.63. The molecule has 3 heteroatoms. The SMILES string of the molecule is COC(C)(OC)c1cc[nH+]cc1. The van der Waals surface area contributed by atoms with Crippen molar-refractivity contribution in [1.82, 2.24) is 0 Å². The number of nitrogens with one attached hydrogen (secondary N) is 1. The van der Waals surface area contributed by atoms with Crippen LogP contribution in [0.4, 0.5) is 0 Å². The van der Waals surface area contributed by atoms with Crippen LogP contribution >= 0.6 is 0 Å². The maximum absolute atomic E-state index is 5.24. The summed E-state index contributed by atoms with van der Waals surface area (Å²) in [5, 5.41) is 0. The van der Waals surface area contributed by atoms with Crippen molar-refractivity contribution in [3.05, 3.63) is 30.1 Å². The molecule has 1 aromatic rings. The van der Waals surface area contributed by atoms with E-state index in [2.05, 4.69) is 4.98 Å². The fraction of sp³-hybridized carbons (Fsp3) is 0.444. The molecule has 0 radical (unpaired) electrons. The zero-order valence-corrected chi connectivity index (χ0v) is 7.63. The molecular weight excluding hydrogens is 154 g/mol. The highest BCUT2D eigenvalue weighted by Crippen LogP contribution is 2.23. The Morgan fingerprint density at radius 3 is 2.08 bits per heavy atom.